The Balaban J connectivity index is 0.00000243. The van der Waals surface area contributed by atoms with E-state index in [9.17, 15) is 14.9 Å². The Morgan fingerprint density at radius 1 is 1.50 bits per heavy atom. The topological polar surface area (TPSA) is 88.4 Å². The number of halogens is 1. The van der Waals surface area contributed by atoms with Crippen LogP contribution in [0.3, 0.4) is 0 Å². The van der Waals surface area contributed by atoms with Gasteiger partial charge in [0.1, 0.15) is 0 Å². The van der Waals surface area contributed by atoms with Gasteiger partial charge in [0.05, 0.1) is 9.82 Å². The van der Waals surface area contributed by atoms with Gasteiger partial charge in [0, 0.05) is 42.3 Å². The smallest absolute Gasteiger partial charge is 0.284 e. The van der Waals surface area contributed by atoms with E-state index in [1.54, 1.807) is 24.1 Å². The number of nitrogens with zero attached hydrogens (tertiary/aromatic N) is 3. The summed E-state index contributed by atoms with van der Waals surface area (Å²) >= 11 is 2.69. The molecule has 1 aromatic carbocycles. The molecule has 2 aromatic rings. The summed E-state index contributed by atoms with van der Waals surface area (Å²) in [5.41, 5.74) is 1.15. The Hall–Kier alpha value is -1.68. The molecule has 0 aliphatic carbocycles. The third-order valence-electron chi connectivity index (χ3n) is 4.10. The molecule has 1 fully saturated rings. The summed E-state index contributed by atoms with van der Waals surface area (Å²) in [6, 6.07) is 4.77. The normalized spacial score (nSPS) is 16.2. The van der Waals surface area contributed by atoms with E-state index in [0.29, 0.717) is 10.5 Å². The zero-order valence-corrected chi connectivity index (χ0v) is 16.7. The van der Waals surface area contributed by atoms with Crippen LogP contribution < -0.4 is 5.32 Å². The molecule has 7 nitrogen and oxygen atoms in total. The summed E-state index contributed by atoms with van der Waals surface area (Å²) in [7, 11) is 1.74. The van der Waals surface area contributed by atoms with Gasteiger partial charge in [-0.25, -0.2) is 4.98 Å². The average molecular weight is 415 g/mol. The van der Waals surface area contributed by atoms with E-state index in [0.717, 1.165) is 29.5 Å². The minimum Gasteiger partial charge on any atom is -0.337 e. The number of benzene rings is 1. The summed E-state index contributed by atoms with van der Waals surface area (Å²) in [5.74, 6) is -0.196. The van der Waals surface area contributed by atoms with Gasteiger partial charge in [-0.05, 0) is 32.0 Å². The Labute approximate surface area is 165 Å². The maximum absolute atomic E-state index is 12.6. The lowest BCUT2D eigenvalue weighted by Gasteiger charge is -2.23. The number of nitro groups is 1. The minimum atomic E-state index is -0.448. The zero-order chi connectivity index (χ0) is 18.0. The van der Waals surface area contributed by atoms with Crippen LogP contribution in [0.5, 0.6) is 0 Å². The van der Waals surface area contributed by atoms with Crippen molar-refractivity contribution in [1.29, 1.82) is 0 Å². The quantitative estimate of drug-likeness (QED) is 0.596. The van der Waals surface area contributed by atoms with Crippen molar-refractivity contribution in [2.24, 2.45) is 0 Å². The first-order valence-corrected chi connectivity index (χ1v) is 9.51. The predicted octanol–water partition coefficient (Wildman–Crippen LogP) is 3.37. The van der Waals surface area contributed by atoms with Crippen molar-refractivity contribution in [1.82, 2.24) is 15.2 Å². The van der Waals surface area contributed by atoms with Crippen molar-refractivity contribution in [3.63, 3.8) is 0 Å². The number of hydrogen-bond donors (Lipinski definition) is 1. The van der Waals surface area contributed by atoms with E-state index in [1.807, 2.05) is 12.3 Å². The summed E-state index contributed by atoms with van der Waals surface area (Å²) in [4.78, 5) is 30.1. The van der Waals surface area contributed by atoms with Crippen LogP contribution in [0.4, 0.5) is 5.69 Å². The molecule has 0 spiro atoms. The van der Waals surface area contributed by atoms with Gasteiger partial charge in [0.2, 0.25) is 0 Å². The van der Waals surface area contributed by atoms with E-state index in [4.69, 9.17) is 0 Å². The van der Waals surface area contributed by atoms with Gasteiger partial charge >= 0.3 is 0 Å². The lowest BCUT2D eigenvalue weighted by molar-refractivity contribution is -0.387. The van der Waals surface area contributed by atoms with E-state index in [-0.39, 0.29) is 30.0 Å². The first kappa shape index (κ1) is 20.6. The summed E-state index contributed by atoms with van der Waals surface area (Å²) in [5, 5.41) is 16.6. The number of hydrogen-bond acceptors (Lipinski definition) is 7. The fraction of sp³-hybridized carbons (Fsp3) is 0.375. The Bertz CT molecular complexity index is 809. The third kappa shape index (κ3) is 4.53. The number of carbonyl (C=O) groups excluding carboxylic acids is 1. The molecule has 10 heteroatoms. The highest BCUT2D eigenvalue weighted by atomic mass is 35.5. The van der Waals surface area contributed by atoms with E-state index < -0.39 is 4.92 Å². The lowest BCUT2D eigenvalue weighted by atomic mass is 10.1. The largest absolute Gasteiger partial charge is 0.337 e. The molecule has 0 bridgehead atoms. The van der Waals surface area contributed by atoms with Crippen LogP contribution in [0.2, 0.25) is 0 Å². The van der Waals surface area contributed by atoms with Gasteiger partial charge in [-0.3, -0.25) is 14.9 Å². The Kier molecular flexibility index (Phi) is 6.99. The van der Waals surface area contributed by atoms with Crippen LogP contribution in [0, 0.1) is 17.0 Å². The van der Waals surface area contributed by atoms with Gasteiger partial charge in [0.15, 0.2) is 4.34 Å². The van der Waals surface area contributed by atoms with Crippen LogP contribution in [-0.4, -0.2) is 46.9 Å². The molecule has 0 radical (unpaired) electrons. The molecule has 1 N–H and O–H groups in total. The third-order valence-corrected chi connectivity index (χ3v) is 6.22. The highest BCUT2D eigenvalue weighted by molar-refractivity contribution is 8.01. The molecule has 1 saturated heterocycles. The van der Waals surface area contributed by atoms with E-state index in [2.05, 4.69) is 10.3 Å². The number of carbonyl (C=O) groups is 1. The summed E-state index contributed by atoms with van der Waals surface area (Å²) in [6.07, 6.45) is 0.891. The van der Waals surface area contributed by atoms with Gasteiger partial charge < -0.3 is 10.2 Å². The van der Waals surface area contributed by atoms with Gasteiger partial charge in [-0.2, -0.15) is 0 Å². The maximum Gasteiger partial charge on any atom is 0.284 e. The van der Waals surface area contributed by atoms with Gasteiger partial charge in [-0.15, -0.1) is 23.7 Å². The van der Waals surface area contributed by atoms with Crippen LogP contribution in [0.1, 0.15) is 22.5 Å². The molecule has 26 heavy (non-hydrogen) atoms. The SMILES string of the molecule is Cc1csc(Sc2ccc(C(=O)N(C)C3CCNC3)cc2[N+](=O)[O-])n1.Cl. The predicted molar refractivity (Wildman–Crippen MR) is 105 cm³/mol. The standard InChI is InChI=1S/C16H18N4O3S2.ClH/c1-10-9-24-16(18-10)25-14-4-3-11(7-13(14)20(22)23)15(21)19(2)12-5-6-17-8-12;/h3-4,7,9,12,17H,5-6,8H2,1-2H3;1H. The van der Waals surface area contributed by atoms with Crippen LogP contribution >= 0.6 is 35.5 Å². The number of rotatable bonds is 5. The second kappa shape index (κ2) is 8.81. The minimum absolute atomic E-state index is 0. The molecule has 1 aliphatic heterocycles. The van der Waals surface area contributed by atoms with Crippen molar-refractivity contribution in [2.45, 2.75) is 28.6 Å². The van der Waals surface area contributed by atoms with Crippen molar-refractivity contribution in [3.8, 4) is 0 Å². The molecule has 1 aliphatic rings. The number of thiazole rings is 1. The fourth-order valence-corrected chi connectivity index (χ4v) is 4.57. The molecular formula is C16H19ClN4O3S2. The number of aromatic nitrogens is 1. The molecule has 1 atom stereocenters. The monoisotopic (exact) mass is 414 g/mol. The van der Waals surface area contributed by atoms with Crippen molar-refractivity contribution < 1.29 is 9.72 Å². The first-order valence-electron chi connectivity index (χ1n) is 7.82. The number of amides is 1. The van der Waals surface area contributed by atoms with Crippen molar-refractivity contribution in [3.05, 3.63) is 45.0 Å². The van der Waals surface area contributed by atoms with Crippen molar-refractivity contribution >= 4 is 47.1 Å². The highest BCUT2D eigenvalue weighted by Crippen LogP contribution is 2.37. The second-order valence-corrected chi connectivity index (χ2v) is 8.01. The van der Waals surface area contributed by atoms with Crippen LogP contribution in [-0.2, 0) is 0 Å². The summed E-state index contributed by atoms with van der Waals surface area (Å²) < 4.78 is 0.744. The van der Waals surface area contributed by atoms with E-state index >= 15 is 0 Å². The molecule has 3 rings (SSSR count). The molecule has 1 amide bonds. The number of nitro benzene ring substituents is 1. The number of nitrogens with one attached hydrogen (secondary N) is 1. The molecule has 140 valence electrons. The highest BCUT2D eigenvalue weighted by Gasteiger charge is 2.26. The Morgan fingerprint density at radius 3 is 2.85 bits per heavy atom. The fourth-order valence-electron chi connectivity index (χ4n) is 2.69. The average Bonchev–Trinajstić information content (AvgIpc) is 3.25. The Morgan fingerprint density at radius 2 is 2.27 bits per heavy atom. The van der Waals surface area contributed by atoms with Crippen LogP contribution in [0.15, 0.2) is 32.8 Å². The lowest BCUT2D eigenvalue weighted by Crippen LogP contribution is -2.38. The number of aryl methyl sites for hydroxylation is 1. The van der Waals surface area contributed by atoms with Crippen LogP contribution in [0.25, 0.3) is 0 Å². The molecule has 1 unspecified atom stereocenters. The molecule has 1 aromatic heterocycles. The number of likely N-dealkylation sites (N-methyl/N-ethyl adjacent to an activating group) is 1. The first-order chi connectivity index (χ1) is 12.0. The molecule has 0 saturated carbocycles. The van der Waals surface area contributed by atoms with Gasteiger partial charge in [0.25, 0.3) is 11.6 Å². The van der Waals surface area contributed by atoms with Crippen molar-refractivity contribution in [2.75, 3.05) is 20.1 Å². The zero-order valence-electron chi connectivity index (χ0n) is 14.3. The molecule has 2 heterocycles. The van der Waals surface area contributed by atoms with E-state index in [1.165, 1.54) is 29.2 Å². The van der Waals surface area contributed by atoms with Gasteiger partial charge in [-0.1, -0.05) is 11.8 Å². The molecular weight excluding hydrogens is 396 g/mol. The second-order valence-electron chi connectivity index (χ2n) is 5.86. The summed E-state index contributed by atoms with van der Waals surface area (Å²) in [6.45, 7) is 3.51. The maximum atomic E-state index is 12.6.